The molecular formula is C42H70Cl4N4O9. The fraction of sp³-hybridized carbons (Fsp3) is 0.667. The molecule has 0 aliphatic carbocycles. The van der Waals surface area contributed by atoms with Crippen LogP contribution >= 0.6 is 49.6 Å². The number of nitrogens with zero attached hydrogens (tertiary/aromatic N) is 4. The van der Waals surface area contributed by atoms with Crippen molar-refractivity contribution in [2.75, 3.05) is 78.5 Å². The number of halogens is 4. The molecule has 0 aromatic heterocycles. The predicted molar refractivity (Wildman–Crippen MR) is 239 cm³/mol. The van der Waals surface area contributed by atoms with Crippen LogP contribution in [0.2, 0.25) is 0 Å². The number of hydrogen-bond acceptors (Lipinski definition) is 10. The van der Waals surface area contributed by atoms with Crippen LogP contribution in [0.25, 0.3) is 0 Å². The quantitative estimate of drug-likeness (QED) is 0.334. The summed E-state index contributed by atoms with van der Waals surface area (Å²) < 4.78 is 11.9. The highest BCUT2D eigenvalue weighted by atomic mass is 35.5. The Balaban J connectivity index is 0.00000102. The van der Waals surface area contributed by atoms with Crippen LogP contribution in [0.3, 0.4) is 0 Å². The average Bonchev–Trinajstić information content (AvgIpc) is 3.20. The maximum absolute atomic E-state index is 13.2. The summed E-state index contributed by atoms with van der Waals surface area (Å²) in [5.41, 5.74) is -1.91. The maximum atomic E-state index is 13.2. The minimum absolute atomic E-state index is 0. The van der Waals surface area contributed by atoms with E-state index in [9.17, 15) is 19.8 Å². The van der Waals surface area contributed by atoms with Crippen molar-refractivity contribution >= 4 is 61.6 Å². The van der Waals surface area contributed by atoms with Crippen molar-refractivity contribution in [2.45, 2.75) is 87.6 Å². The topological polar surface area (TPSA) is 201 Å². The normalized spacial score (nSPS) is 27.6. The highest BCUT2D eigenvalue weighted by Crippen LogP contribution is 2.34. The molecule has 8 aliphatic heterocycles. The first-order valence-corrected chi connectivity index (χ1v) is 20.2. The summed E-state index contributed by atoms with van der Waals surface area (Å²) in [4.78, 5) is 35.5. The van der Waals surface area contributed by atoms with Gasteiger partial charge in [0, 0.05) is 26.2 Å². The summed E-state index contributed by atoms with van der Waals surface area (Å²) in [6.45, 7) is 10.4. The number of carbonyl (C=O) groups excluding carboxylic acids is 2. The van der Waals surface area contributed by atoms with Crippen LogP contribution in [0.15, 0.2) is 60.7 Å². The van der Waals surface area contributed by atoms with Gasteiger partial charge < -0.3 is 36.1 Å². The molecule has 8 aliphatic rings. The third kappa shape index (κ3) is 14.1. The Morgan fingerprint density at radius 1 is 0.508 bits per heavy atom. The number of likely N-dealkylation sites (tertiary alicyclic amines) is 2. The van der Waals surface area contributed by atoms with Crippen molar-refractivity contribution in [2.24, 2.45) is 11.8 Å². The molecule has 340 valence electrons. The molecule has 10 rings (SSSR count). The van der Waals surface area contributed by atoms with E-state index in [-0.39, 0.29) is 78.3 Å². The molecule has 8 N–H and O–H groups in total. The van der Waals surface area contributed by atoms with Gasteiger partial charge in [0.2, 0.25) is 0 Å². The molecule has 4 unspecified atom stereocenters. The van der Waals surface area contributed by atoms with Gasteiger partial charge in [-0.05, 0) is 127 Å². The van der Waals surface area contributed by atoms with Crippen molar-refractivity contribution in [3.8, 4) is 0 Å². The minimum Gasteiger partial charge on any atom is -0.458 e. The Morgan fingerprint density at radius 2 is 0.814 bits per heavy atom. The van der Waals surface area contributed by atoms with Gasteiger partial charge in [-0.15, -0.1) is 49.6 Å². The number of piperidine rings is 8. The minimum atomic E-state index is -1.59. The van der Waals surface area contributed by atoms with E-state index in [1.54, 1.807) is 0 Å². The second-order valence-corrected chi connectivity index (χ2v) is 16.3. The van der Waals surface area contributed by atoms with Crippen molar-refractivity contribution in [1.82, 2.24) is 19.6 Å². The van der Waals surface area contributed by atoms with E-state index in [1.165, 1.54) is 12.8 Å². The first-order chi connectivity index (χ1) is 25.3. The van der Waals surface area contributed by atoms with Crippen LogP contribution in [0.4, 0.5) is 0 Å². The molecule has 4 atom stereocenters. The van der Waals surface area contributed by atoms with Gasteiger partial charge in [-0.25, -0.2) is 9.59 Å². The smallest absolute Gasteiger partial charge is 0.344 e. The number of hydrogen-bond donors (Lipinski definition) is 2. The predicted octanol–water partition coefficient (Wildman–Crippen LogP) is 3.21. The third-order valence-corrected chi connectivity index (χ3v) is 12.7. The van der Waals surface area contributed by atoms with Crippen molar-refractivity contribution in [3.63, 3.8) is 0 Å². The van der Waals surface area contributed by atoms with Gasteiger partial charge in [0.05, 0.1) is 0 Å². The lowest BCUT2D eigenvalue weighted by atomic mass is 9.85. The Labute approximate surface area is 375 Å². The summed E-state index contributed by atoms with van der Waals surface area (Å²) >= 11 is 0. The molecule has 59 heavy (non-hydrogen) atoms. The van der Waals surface area contributed by atoms with Gasteiger partial charge in [0.15, 0.2) is 11.2 Å². The first kappa shape index (κ1) is 57.2. The Bertz CT molecular complexity index is 1360. The van der Waals surface area contributed by atoms with E-state index >= 15 is 0 Å². The third-order valence-electron chi connectivity index (χ3n) is 12.7. The number of ether oxygens (including phenoxy) is 2. The number of esters is 2. The second kappa shape index (κ2) is 26.6. The second-order valence-electron chi connectivity index (χ2n) is 16.3. The number of fused-ring (bicyclic) bond motifs is 6. The molecule has 8 fully saturated rings. The zero-order chi connectivity index (χ0) is 36.0. The highest BCUT2D eigenvalue weighted by molar-refractivity contribution is 5.86. The molecule has 8 heterocycles. The molecule has 0 amide bonds. The number of carbonyl (C=O) groups is 2. The van der Waals surface area contributed by atoms with Crippen LogP contribution in [0.1, 0.15) is 75.3 Å². The van der Waals surface area contributed by atoms with Crippen LogP contribution in [0, 0.1) is 11.8 Å². The molecule has 4 bridgehead atoms. The molecule has 8 saturated heterocycles. The number of rotatable bonds is 10. The molecule has 0 spiro atoms. The molecule has 0 saturated carbocycles. The SMILES string of the molecule is Cl.Cl.Cl.Cl.O.O.O.O=C(OC1CN2CCC1CC2)C(O)(CN1CCCCC1)c1ccccc1.O=C(OC1CN2CCC1CC2)C(O)(CN1CCCCC1)c1ccccc1. The van der Waals surface area contributed by atoms with Crippen LogP contribution < -0.4 is 0 Å². The number of β-amino-alcohol motifs (C(OH)–C–C–N with tert-alkyl or cyclic N) is 2. The van der Waals surface area contributed by atoms with Crippen LogP contribution in [-0.2, 0) is 30.3 Å². The van der Waals surface area contributed by atoms with Gasteiger partial charge in [0.25, 0.3) is 0 Å². The standard InChI is InChI=1S/2C21H30N2O3.4ClH.3H2O/c2*24-20(26-19-15-22-13-9-17(19)10-14-22)21(25,18-7-3-1-4-8-18)16-23-11-5-2-6-12-23;;;;;;;/h2*1,3-4,7-8,17,19,25H,2,5-6,9-16H2;4*1H;3*1H2. The fourth-order valence-electron chi connectivity index (χ4n) is 9.42. The zero-order valence-electron chi connectivity index (χ0n) is 34.1. The fourth-order valence-corrected chi connectivity index (χ4v) is 9.42. The summed E-state index contributed by atoms with van der Waals surface area (Å²) in [6.07, 6.45) is 11.2. The zero-order valence-corrected chi connectivity index (χ0v) is 37.4. The van der Waals surface area contributed by atoms with Gasteiger partial charge in [-0.1, -0.05) is 73.5 Å². The Morgan fingerprint density at radius 3 is 1.08 bits per heavy atom. The monoisotopic (exact) mass is 914 g/mol. The molecular weight excluding hydrogens is 846 g/mol. The van der Waals surface area contributed by atoms with Gasteiger partial charge in [0.1, 0.15) is 12.2 Å². The van der Waals surface area contributed by atoms with E-state index < -0.39 is 23.1 Å². The van der Waals surface area contributed by atoms with E-state index in [4.69, 9.17) is 9.47 Å². The van der Waals surface area contributed by atoms with Gasteiger partial charge >= 0.3 is 11.9 Å². The van der Waals surface area contributed by atoms with E-state index in [0.29, 0.717) is 36.1 Å². The number of aliphatic hydroxyl groups is 2. The summed E-state index contributed by atoms with van der Waals surface area (Å²) in [5.74, 6) is -0.0704. The number of benzene rings is 2. The maximum Gasteiger partial charge on any atom is 0.344 e. The summed E-state index contributed by atoms with van der Waals surface area (Å²) in [5, 5.41) is 22.9. The van der Waals surface area contributed by atoms with Crippen molar-refractivity contribution in [3.05, 3.63) is 71.8 Å². The average molecular weight is 917 g/mol. The summed E-state index contributed by atoms with van der Waals surface area (Å²) in [6, 6.07) is 18.6. The van der Waals surface area contributed by atoms with Gasteiger partial charge in [-0.2, -0.15) is 0 Å². The van der Waals surface area contributed by atoms with Crippen molar-refractivity contribution in [1.29, 1.82) is 0 Å². The lowest BCUT2D eigenvalue weighted by Gasteiger charge is -2.45. The first-order valence-electron chi connectivity index (χ1n) is 20.2. The molecule has 13 nitrogen and oxygen atoms in total. The largest absolute Gasteiger partial charge is 0.458 e. The lowest BCUT2D eigenvalue weighted by Crippen LogP contribution is -2.55. The Kier molecular flexibility index (Phi) is 25.8. The van der Waals surface area contributed by atoms with E-state index in [1.807, 2.05) is 60.7 Å². The Hall–Kier alpha value is -1.82. The molecule has 2 aromatic rings. The summed E-state index contributed by atoms with van der Waals surface area (Å²) in [7, 11) is 0. The van der Waals surface area contributed by atoms with E-state index in [2.05, 4.69) is 19.6 Å². The van der Waals surface area contributed by atoms with Gasteiger partial charge in [-0.3, -0.25) is 19.6 Å². The van der Waals surface area contributed by atoms with E-state index in [0.717, 1.165) is 117 Å². The molecule has 0 radical (unpaired) electrons. The lowest BCUT2D eigenvalue weighted by molar-refractivity contribution is -0.184. The van der Waals surface area contributed by atoms with Crippen LogP contribution in [0.5, 0.6) is 0 Å². The van der Waals surface area contributed by atoms with Crippen LogP contribution in [-0.4, -0.2) is 149 Å². The molecule has 2 aromatic carbocycles. The molecule has 17 heteroatoms. The van der Waals surface area contributed by atoms with Crippen molar-refractivity contribution < 1.29 is 45.7 Å². The highest BCUT2D eigenvalue weighted by Gasteiger charge is 2.47.